The summed E-state index contributed by atoms with van der Waals surface area (Å²) < 4.78 is 38.5. The van der Waals surface area contributed by atoms with Gasteiger partial charge in [0.1, 0.15) is 5.82 Å². The summed E-state index contributed by atoms with van der Waals surface area (Å²) in [6, 6.07) is 4.37. The van der Waals surface area contributed by atoms with Gasteiger partial charge in [0.25, 0.3) is 5.91 Å². The zero-order valence-electron chi connectivity index (χ0n) is 18.5. The number of halogens is 3. The van der Waals surface area contributed by atoms with Gasteiger partial charge in [0, 0.05) is 64.4 Å². The first-order chi connectivity index (χ1) is 15.1. The minimum Gasteiger partial charge on any atom is -0.362 e. The van der Waals surface area contributed by atoms with Gasteiger partial charge in [-0.05, 0) is 31.3 Å². The molecule has 3 heterocycles. The molecule has 1 amide bonds. The fraction of sp³-hybridized carbons (Fsp3) is 0.500. The number of nitrogens with zero attached hydrogens (tertiary/aromatic N) is 6. The van der Waals surface area contributed by atoms with Crippen LogP contribution in [0.3, 0.4) is 0 Å². The molecule has 2 aromatic rings. The molecule has 0 saturated carbocycles. The molecule has 172 valence electrons. The van der Waals surface area contributed by atoms with E-state index in [0.717, 1.165) is 55.4 Å². The van der Waals surface area contributed by atoms with Gasteiger partial charge in [-0.1, -0.05) is 0 Å². The van der Waals surface area contributed by atoms with Gasteiger partial charge >= 0.3 is 6.18 Å². The van der Waals surface area contributed by atoms with Gasteiger partial charge in [-0.3, -0.25) is 4.79 Å². The molecule has 1 fully saturated rings. The third-order valence-corrected chi connectivity index (χ3v) is 5.98. The highest BCUT2D eigenvalue weighted by molar-refractivity contribution is 5.94. The SMILES string of the molecule is CN1CCN(c2nc3c(c(N(C)C)n2)CN(C(=O)c2ccc(C(F)(F)F)cc2)CC3)CC1. The van der Waals surface area contributed by atoms with E-state index in [1.807, 2.05) is 19.0 Å². The van der Waals surface area contributed by atoms with Crippen molar-refractivity contribution in [3.05, 3.63) is 46.6 Å². The van der Waals surface area contributed by atoms with Gasteiger partial charge in [0.15, 0.2) is 0 Å². The van der Waals surface area contributed by atoms with E-state index in [-0.39, 0.29) is 11.5 Å². The van der Waals surface area contributed by atoms with Crippen LogP contribution in [-0.2, 0) is 19.1 Å². The van der Waals surface area contributed by atoms with Crippen LogP contribution in [0.25, 0.3) is 0 Å². The fourth-order valence-electron chi connectivity index (χ4n) is 4.06. The molecule has 1 aromatic heterocycles. The van der Waals surface area contributed by atoms with E-state index in [1.165, 1.54) is 12.1 Å². The average Bonchev–Trinajstić information content (AvgIpc) is 2.77. The summed E-state index contributed by atoms with van der Waals surface area (Å²) in [5.41, 5.74) is 1.29. The molecule has 2 aliphatic rings. The molecule has 0 N–H and O–H groups in total. The van der Waals surface area contributed by atoms with Crippen LogP contribution < -0.4 is 9.80 Å². The molecule has 32 heavy (non-hydrogen) atoms. The van der Waals surface area contributed by atoms with Crippen molar-refractivity contribution in [1.29, 1.82) is 0 Å². The molecule has 4 rings (SSSR count). The minimum atomic E-state index is -4.43. The third-order valence-electron chi connectivity index (χ3n) is 5.98. The van der Waals surface area contributed by atoms with Crippen LogP contribution in [-0.4, -0.2) is 79.5 Å². The monoisotopic (exact) mass is 448 g/mol. The largest absolute Gasteiger partial charge is 0.416 e. The van der Waals surface area contributed by atoms with Crippen molar-refractivity contribution < 1.29 is 18.0 Å². The Labute approximate surface area is 185 Å². The molecule has 0 unspecified atom stereocenters. The highest BCUT2D eigenvalue weighted by Crippen LogP contribution is 2.31. The van der Waals surface area contributed by atoms with Crippen LogP contribution in [0.1, 0.15) is 27.2 Å². The van der Waals surface area contributed by atoms with Crippen molar-refractivity contribution in [2.45, 2.75) is 19.1 Å². The number of alkyl halides is 3. The Bertz CT molecular complexity index is 984. The first kappa shape index (κ1) is 22.3. The number of likely N-dealkylation sites (N-methyl/N-ethyl adjacent to an activating group) is 1. The van der Waals surface area contributed by atoms with Gasteiger partial charge in [0.2, 0.25) is 5.95 Å². The zero-order valence-corrected chi connectivity index (χ0v) is 18.5. The standard InChI is InChI=1S/C22H27F3N6O/c1-28(2)19-17-14-31(20(32)15-4-6-16(7-5-15)22(23,24)25)9-8-18(17)26-21(27-19)30-12-10-29(3)11-13-30/h4-7H,8-14H2,1-3H3. The van der Waals surface area contributed by atoms with Crippen molar-refractivity contribution >= 4 is 17.7 Å². The van der Waals surface area contributed by atoms with Crippen LogP contribution in [0.4, 0.5) is 24.9 Å². The maximum Gasteiger partial charge on any atom is 0.416 e. The Hall–Kier alpha value is -2.88. The molecule has 1 saturated heterocycles. The van der Waals surface area contributed by atoms with Crippen LogP contribution in [0.15, 0.2) is 24.3 Å². The van der Waals surface area contributed by atoms with E-state index in [4.69, 9.17) is 9.97 Å². The normalized spacial score (nSPS) is 17.3. The Morgan fingerprint density at radius 1 is 1.00 bits per heavy atom. The van der Waals surface area contributed by atoms with Gasteiger partial charge < -0.3 is 19.6 Å². The van der Waals surface area contributed by atoms with Gasteiger partial charge in [-0.15, -0.1) is 0 Å². The first-order valence-corrected chi connectivity index (χ1v) is 10.6. The Morgan fingerprint density at radius 2 is 1.66 bits per heavy atom. The topological polar surface area (TPSA) is 55.8 Å². The number of carbonyl (C=O) groups excluding carboxylic acids is 1. The predicted octanol–water partition coefficient (Wildman–Crippen LogP) is 2.51. The summed E-state index contributed by atoms with van der Waals surface area (Å²) in [6.07, 6.45) is -3.85. The lowest BCUT2D eigenvalue weighted by atomic mass is 10.0. The number of anilines is 2. The van der Waals surface area contributed by atoms with Gasteiger partial charge in [-0.2, -0.15) is 18.2 Å². The highest BCUT2D eigenvalue weighted by Gasteiger charge is 2.31. The maximum absolute atomic E-state index is 13.0. The number of hydrogen-bond donors (Lipinski definition) is 0. The van der Waals surface area contributed by atoms with Gasteiger partial charge in [0.05, 0.1) is 17.8 Å². The van der Waals surface area contributed by atoms with E-state index in [9.17, 15) is 18.0 Å². The van der Waals surface area contributed by atoms with Gasteiger partial charge in [-0.25, -0.2) is 4.98 Å². The number of rotatable bonds is 3. The number of piperazine rings is 1. The van der Waals surface area contributed by atoms with Crippen LogP contribution >= 0.6 is 0 Å². The zero-order chi connectivity index (χ0) is 23.0. The number of hydrogen-bond acceptors (Lipinski definition) is 6. The van der Waals surface area contributed by atoms with E-state index < -0.39 is 11.7 Å². The predicted molar refractivity (Wildman–Crippen MR) is 116 cm³/mol. The molecule has 0 aliphatic carbocycles. The van der Waals surface area contributed by atoms with E-state index >= 15 is 0 Å². The van der Waals surface area contributed by atoms with E-state index in [2.05, 4.69) is 16.8 Å². The quantitative estimate of drug-likeness (QED) is 0.720. The van der Waals surface area contributed by atoms with Crippen LogP contribution in [0.5, 0.6) is 0 Å². The summed E-state index contributed by atoms with van der Waals surface area (Å²) in [7, 11) is 5.92. The highest BCUT2D eigenvalue weighted by atomic mass is 19.4. The summed E-state index contributed by atoms with van der Waals surface area (Å²) in [5, 5.41) is 0. The lowest BCUT2D eigenvalue weighted by Gasteiger charge is -2.35. The van der Waals surface area contributed by atoms with Crippen LogP contribution in [0.2, 0.25) is 0 Å². The van der Waals surface area contributed by atoms with E-state index in [1.54, 1.807) is 4.90 Å². The molecular weight excluding hydrogens is 421 g/mol. The molecule has 0 atom stereocenters. The second kappa shape index (κ2) is 8.57. The number of benzene rings is 1. The van der Waals surface area contributed by atoms with Crippen molar-refractivity contribution in [3.63, 3.8) is 0 Å². The summed E-state index contributed by atoms with van der Waals surface area (Å²) in [5.74, 6) is 1.19. The van der Waals surface area contributed by atoms with Crippen molar-refractivity contribution in [2.24, 2.45) is 0 Å². The van der Waals surface area contributed by atoms with Crippen molar-refractivity contribution in [3.8, 4) is 0 Å². The number of amides is 1. The lowest BCUT2D eigenvalue weighted by Crippen LogP contribution is -2.45. The molecule has 0 radical (unpaired) electrons. The third kappa shape index (κ3) is 4.50. The molecular formula is C22H27F3N6O. The first-order valence-electron chi connectivity index (χ1n) is 10.6. The molecule has 0 bridgehead atoms. The second-order valence-electron chi connectivity index (χ2n) is 8.51. The molecule has 1 aromatic carbocycles. The summed E-state index contributed by atoms with van der Waals surface area (Å²) in [6.45, 7) is 4.41. The minimum absolute atomic E-state index is 0.239. The average molecular weight is 448 g/mol. The Kier molecular flexibility index (Phi) is 5.98. The number of aromatic nitrogens is 2. The van der Waals surface area contributed by atoms with Crippen molar-refractivity contribution in [1.82, 2.24) is 19.8 Å². The summed E-state index contributed by atoms with van der Waals surface area (Å²) >= 11 is 0. The Balaban J connectivity index is 1.57. The smallest absolute Gasteiger partial charge is 0.362 e. The number of carbonyl (C=O) groups is 1. The summed E-state index contributed by atoms with van der Waals surface area (Å²) in [4.78, 5) is 30.6. The second-order valence-corrected chi connectivity index (χ2v) is 8.51. The van der Waals surface area contributed by atoms with Crippen molar-refractivity contribution in [2.75, 3.05) is 63.7 Å². The molecule has 7 nitrogen and oxygen atoms in total. The molecule has 0 spiro atoms. The Morgan fingerprint density at radius 3 is 2.25 bits per heavy atom. The number of fused-ring (bicyclic) bond motifs is 1. The van der Waals surface area contributed by atoms with Crippen LogP contribution in [0, 0.1) is 0 Å². The molecule has 2 aliphatic heterocycles. The lowest BCUT2D eigenvalue weighted by molar-refractivity contribution is -0.137. The maximum atomic E-state index is 13.0. The van der Waals surface area contributed by atoms with E-state index in [0.29, 0.717) is 25.5 Å². The fourth-order valence-corrected chi connectivity index (χ4v) is 4.06. The molecule has 10 heteroatoms.